The number of amides is 1. The van der Waals surface area contributed by atoms with Crippen molar-refractivity contribution in [2.75, 3.05) is 33.0 Å². The number of rotatable bonds is 8. The Morgan fingerprint density at radius 2 is 2.00 bits per heavy atom. The van der Waals surface area contributed by atoms with Crippen molar-refractivity contribution in [1.82, 2.24) is 10.6 Å². The van der Waals surface area contributed by atoms with E-state index in [0.717, 1.165) is 22.9 Å². The van der Waals surface area contributed by atoms with Crippen molar-refractivity contribution >= 4 is 17.7 Å². The van der Waals surface area contributed by atoms with Gasteiger partial charge in [0.25, 0.3) is 0 Å². The van der Waals surface area contributed by atoms with Crippen LogP contribution < -0.4 is 15.4 Å². The molecule has 1 aromatic carbocycles. The molecule has 1 amide bonds. The van der Waals surface area contributed by atoms with Crippen LogP contribution in [0, 0.1) is 0 Å². The van der Waals surface area contributed by atoms with Crippen LogP contribution in [-0.2, 0) is 4.79 Å². The highest BCUT2D eigenvalue weighted by Gasteiger charge is 2.01. The topological polar surface area (TPSA) is 50.4 Å². The SMILES string of the molecule is CNCCNC(=O)CCSc1ccc(OC)cc1. The van der Waals surface area contributed by atoms with E-state index in [1.54, 1.807) is 18.9 Å². The first-order valence-corrected chi connectivity index (χ1v) is 6.93. The Morgan fingerprint density at radius 3 is 2.61 bits per heavy atom. The number of carbonyl (C=O) groups is 1. The van der Waals surface area contributed by atoms with Gasteiger partial charge in [0.2, 0.25) is 5.91 Å². The third-order valence-electron chi connectivity index (χ3n) is 2.35. The minimum Gasteiger partial charge on any atom is -0.497 e. The number of hydrogen-bond acceptors (Lipinski definition) is 4. The Hall–Kier alpha value is -1.20. The number of nitrogens with one attached hydrogen (secondary N) is 2. The molecule has 0 aliphatic heterocycles. The molecule has 0 fully saturated rings. The molecule has 0 spiro atoms. The highest BCUT2D eigenvalue weighted by Crippen LogP contribution is 2.21. The van der Waals surface area contributed by atoms with Crippen LogP contribution in [-0.4, -0.2) is 38.9 Å². The van der Waals surface area contributed by atoms with Crippen LogP contribution in [0.4, 0.5) is 0 Å². The number of likely N-dealkylation sites (N-methyl/N-ethyl adjacent to an activating group) is 1. The molecule has 0 aliphatic carbocycles. The Bertz CT molecular complexity index is 355. The zero-order valence-electron chi connectivity index (χ0n) is 10.9. The van der Waals surface area contributed by atoms with E-state index in [1.165, 1.54) is 0 Å². The van der Waals surface area contributed by atoms with E-state index in [-0.39, 0.29) is 5.91 Å². The fourth-order valence-corrected chi connectivity index (χ4v) is 2.20. The summed E-state index contributed by atoms with van der Waals surface area (Å²) in [7, 11) is 3.52. The summed E-state index contributed by atoms with van der Waals surface area (Å²) in [5, 5.41) is 5.84. The minimum atomic E-state index is 0.103. The first-order chi connectivity index (χ1) is 8.76. The molecular formula is C13H20N2O2S. The molecule has 4 nitrogen and oxygen atoms in total. The van der Waals surface area contributed by atoms with Gasteiger partial charge in [-0.15, -0.1) is 11.8 Å². The van der Waals surface area contributed by atoms with Gasteiger partial charge in [-0.25, -0.2) is 0 Å². The average Bonchev–Trinajstić information content (AvgIpc) is 2.40. The van der Waals surface area contributed by atoms with Gasteiger partial charge in [-0.3, -0.25) is 4.79 Å². The van der Waals surface area contributed by atoms with Gasteiger partial charge >= 0.3 is 0 Å². The Labute approximate surface area is 112 Å². The number of carbonyl (C=O) groups excluding carboxylic acids is 1. The van der Waals surface area contributed by atoms with Crippen molar-refractivity contribution in [3.05, 3.63) is 24.3 Å². The van der Waals surface area contributed by atoms with Crippen LogP contribution in [0.5, 0.6) is 5.75 Å². The third kappa shape index (κ3) is 5.93. The predicted molar refractivity (Wildman–Crippen MR) is 75.3 cm³/mol. The smallest absolute Gasteiger partial charge is 0.220 e. The third-order valence-corrected chi connectivity index (χ3v) is 3.37. The van der Waals surface area contributed by atoms with E-state index in [1.807, 2.05) is 31.3 Å². The maximum atomic E-state index is 11.4. The maximum absolute atomic E-state index is 11.4. The summed E-state index contributed by atoms with van der Waals surface area (Å²) in [6.07, 6.45) is 0.542. The molecule has 0 atom stereocenters. The maximum Gasteiger partial charge on any atom is 0.220 e. The van der Waals surface area contributed by atoms with Gasteiger partial charge in [-0.1, -0.05) is 0 Å². The van der Waals surface area contributed by atoms with Gasteiger partial charge in [0.15, 0.2) is 0 Å². The number of thioether (sulfide) groups is 1. The number of benzene rings is 1. The molecular weight excluding hydrogens is 248 g/mol. The van der Waals surface area contributed by atoms with E-state index in [0.29, 0.717) is 13.0 Å². The molecule has 0 radical (unpaired) electrons. The molecule has 18 heavy (non-hydrogen) atoms. The lowest BCUT2D eigenvalue weighted by Gasteiger charge is -2.05. The van der Waals surface area contributed by atoms with Crippen LogP contribution in [0.1, 0.15) is 6.42 Å². The van der Waals surface area contributed by atoms with Gasteiger partial charge in [-0.05, 0) is 31.3 Å². The number of ether oxygens (including phenoxy) is 1. The summed E-state index contributed by atoms with van der Waals surface area (Å²) in [5.41, 5.74) is 0. The summed E-state index contributed by atoms with van der Waals surface area (Å²) in [6.45, 7) is 1.49. The Kier molecular flexibility index (Phi) is 7.29. The summed E-state index contributed by atoms with van der Waals surface area (Å²) >= 11 is 1.68. The molecule has 1 rings (SSSR count). The highest BCUT2D eigenvalue weighted by atomic mass is 32.2. The molecule has 1 aromatic rings. The van der Waals surface area contributed by atoms with Crippen molar-refractivity contribution in [2.45, 2.75) is 11.3 Å². The zero-order chi connectivity index (χ0) is 13.2. The van der Waals surface area contributed by atoms with E-state index in [9.17, 15) is 4.79 Å². The van der Waals surface area contributed by atoms with Crippen molar-refractivity contribution in [3.63, 3.8) is 0 Å². The lowest BCUT2D eigenvalue weighted by Crippen LogP contribution is -2.30. The van der Waals surface area contributed by atoms with Gasteiger partial charge in [0, 0.05) is 30.2 Å². The lowest BCUT2D eigenvalue weighted by molar-refractivity contribution is -0.120. The Morgan fingerprint density at radius 1 is 1.28 bits per heavy atom. The van der Waals surface area contributed by atoms with E-state index < -0.39 is 0 Å². The Balaban J connectivity index is 2.18. The predicted octanol–water partition coefficient (Wildman–Crippen LogP) is 1.51. The van der Waals surface area contributed by atoms with Crippen LogP contribution in [0.3, 0.4) is 0 Å². The fraction of sp³-hybridized carbons (Fsp3) is 0.462. The summed E-state index contributed by atoms with van der Waals surface area (Å²) in [5.74, 6) is 1.74. The molecule has 0 saturated carbocycles. The second kappa shape index (κ2) is 8.83. The molecule has 0 bridgehead atoms. The molecule has 100 valence electrons. The molecule has 5 heteroatoms. The molecule has 0 saturated heterocycles. The quantitative estimate of drug-likeness (QED) is 0.554. The second-order valence-electron chi connectivity index (χ2n) is 3.73. The van der Waals surface area contributed by atoms with Crippen LogP contribution in [0.25, 0.3) is 0 Å². The van der Waals surface area contributed by atoms with E-state index >= 15 is 0 Å². The standard InChI is InChI=1S/C13H20N2O2S/c1-14-8-9-15-13(16)7-10-18-12-5-3-11(17-2)4-6-12/h3-6,14H,7-10H2,1-2H3,(H,15,16). The van der Waals surface area contributed by atoms with Gasteiger partial charge < -0.3 is 15.4 Å². The lowest BCUT2D eigenvalue weighted by atomic mass is 10.3. The molecule has 2 N–H and O–H groups in total. The van der Waals surface area contributed by atoms with Gasteiger partial charge in [0.05, 0.1) is 7.11 Å². The van der Waals surface area contributed by atoms with Gasteiger partial charge in [-0.2, -0.15) is 0 Å². The van der Waals surface area contributed by atoms with E-state index in [2.05, 4.69) is 10.6 Å². The van der Waals surface area contributed by atoms with Crippen molar-refractivity contribution in [3.8, 4) is 5.75 Å². The fourth-order valence-electron chi connectivity index (χ4n) is 1.35. The first kappa shape index (κ1) is 14.9. The molecule has 0 aromatic heterocycles. The average molecular weight is 268 g/mol. The molecule has 0 unspecified atom stereocenters. The summed E-state index contributed by atoms with van der Waals surface area (Å²) < 4.78 is 5.09. The number of hydrogen-bond donors (Lipinski definition) is 2. The van der Waals surface area contributed by atoms with Crippen molar-refractivity contribution in [2.24, 2.45) is 0 Å². The van der Waals surface area contributed by atoms with E-state index in [4.69, 9.17) is 4.74 Å². The normalized spacial score (nSPS) is 10.1. The van der Waals surface area contributed by atoms with Crippen LogP contribution in [0.2, 0.25) is 0 Å². The zero-order valence-corrected chi connectivity index (χ0v) is 11.7. The monoisotopic (exact) mass is 268 g/mol. The molecule has 0 aliphatic rings. The van der Waals surface area contributed by atoms with Crippen LogP contribution >= 0.6 is 11.8 Å². The minimum absolute atomic E-state index is 0.103. The number of methoxy groups -OCH3 is 1. The first-order valence-electron chi connectivity index (χ1n) is 5.94. The highest BCUT2D eigenvalue weighted by molar-refractivity contribution is 7.99. The molecule has 0 heterocycles. The van der Waals surface area contributed by atoms with Crippen molar-refractivity contribution < 1.29 is 9.53 Å². The second-order valence-corrected chi connectivity index (χ2v) is 4.90. The summed E-state index contributed by atoms with van der Waals surface area (Å²) in [4.78, 5) is 12.6. The van der Waals surface area contributed by atoms with Crippen LogP contribution in [0.15, 0.2) is 29.2 Å². The van der Waals surface area contributed by atoms with Gasteiger partial charge in [0.1, 0.15) is 5.75 Å². The van der Waals surface area contributed by atoms with Crippen molar-refractivity contribution in [1.29, 1.82) is 0 Å². The largest absolute Gasteiger partial charge is 0.497 e. The summed E-state index contributed by atoms with van der Waals surface area (Å²) in [6, 6.07) is 7.86.